The van der Waals surface area contributed by atoms with Gasteiger partial charge in [0.1, 0.15) is 0 Å². The first-order valence-corrected chi connectivity index (χ1v) is 7.48. The summed E-state index contributed by atoms with van der Waals surface area (Å²) in [5.41, 5.74) is -0.126. The van der Waals surface area contributed by atoms with Crippen LogP contribution >= 0.6 is 0 Å². The Morgan fingerprint density at radius 2 is 2.17 bits per heavy atom. The molecule has 1 N–H and O–H groups in total. The molecule has 1 saturated heterocycles. The summed E-state index contributed by atoms with van der Waals surface area (Å²) in [5.74, 6) is 1.02. The topological polar surface area (TPSA) is 32.3 Å². The molecule has 0 saturated carbocycles. The van der Waals surface area contributed by atoms with Gasteiger partial charge in [0, 0.05) is 20.1 Å². The molecule has 0 aromatic heterocycles. The lowest BCUT2D eigenvalue weighted by molar-refractivity contribution is -0.142. The van der Waals surface area contributed by atoms with Crippen LogP contribution in [0.3, 0.4) is 0 Å². The van der Waals surface area contributed by atoms with Crippen molar-refractivity contribution < 1.29 is 4.79 Å². The summed E-state index contributed by atoms with van der Waals surface area (Å²) >= 11 is 0. The van der Waals surface area contributed by atoms with Crippen molar-refractivity contribution in [2.24, 2.45) is 11.3 Å². The first-order chi connectivity index (χ1) is 8.52. The average molecular weight is 254 g/mol. The molecular weight excluding hydrogens is 224 g/mol. The third-order valence-electron chi connectivity index (χ3n) is 4.04. The largest absolute Gasteiger partial charge is 0.345 e. The quantitative estimate of drug-likeness (QED) is 0.790. The van der Waals surface area contributed by atoms with Crippen LogP contribution in [0.4, 0.5) is 0 Å². The van der Waals surface area contributed by atoms with Crippen molar-refractivity contribution in [1.29, 1.82) is 0 Å². The molecule has 1 atom stereocenters. The minimum Gasteiger partial charge on any atom is -0.345 e. The zero-order valence-corrected chi connectivity index (χ0v) is 12.6. The van der Waals surface area contributed by atoms with E-state index in [0.29, 0.717) is 11.8 Å². The second-order valence-corrected chi connectivity index (χ2v) is 6.22. The molecule has 1 aliphatic heterocycles. The molecule has 0 radical (unpaired) electrons. The molecular formula is C15H30N2O. The summed E-state index contributed by atoms with van der Waals surface area (Å²) in [6.45, 7) is 9.42. The van der Waals surface area contributed by atoms with E-state index in [0.717, 1.165) is 51.7 Å². The van der Waals surface area contributed by atoms with Crippen LogP contribution in [0, 0.1) is 11.3 Å². The molecule has 0 bridgehead atoms. The molecule has 18 heavy (non-hydrogen) atoms. The van der Waals surface area contributed by atoms with Crippen LogP contribution in [0.15, 0.2) is 0 Å². The van der Waals surface area contributed by atoms with Gasteiger partial charge < -0.3 is 10.2 Å². The molecule has 1 rings (SSSR count). The second-order valence-electron chi connectivity index (χ2n) is 6.22. The normalized spacial score (nSPS) is 24.3. The van der Waals surface area contributed by atoms with Gasteiger partial charge in [-0.05, 0) is 38.1 Å². The van der Waals surface area contributed by atoms with Gasteiger partial charge in [0.25, 0.3) is 0 Å². The van der Waals surface area contributed by atoms with Crippen molar-refractivity contribution in [3.05, 3.63) is 0 Å². The van der Waals surface area contributed by atoms with Gasteiger partial charge in [-0.3, -0.25) is 4.79 Å². The summed E-state index contributed by atoms with van der Waals surface area (Å²) in [4.78, 5) is 14.7. The minimum absolute atomic E-state index is 0.126. The van der Waals surface area contributed by atoms with Crippen LogP contribution < -0.4 is 5.32 Å². The molecule has 0 spiro atoms. The molecule has 3 nitrogen and oxygen atoms in total. The smallest absolute Gasteiger partial charge is 0.229 e. The Labute approximate surface area is 112 Å². The molecule has 3 heteroatoms. The van der Waals surface area contributed by atoms with Crippen molar-refractivity contribution in [1.82, 2.24) is 10.2 Å². The summed E-state index contributed by atoms with van der Waals surface area (Å²) in [5, 5.41) is 3.41. The fourth-order valence-corrected chi connectivity index (χ4v) is 2.91. The molecule has 1 heterocycles. The number of hydrogen-bond acceptors (Lipinski definition) is 2. The first-order valence-electron chi connectivity index (χ1n) is 7.48. The van der Waals surface area contributed by atoms with Gasteiger partial charge in [-0.15, -0.1) is 0 Å². The highest BCUT2D eigenvalue weighted by atomic mass is 16.2. The van der Waals surface area contributed by atoms with Crippen molar-refractivity contribution >= 4 is 5.91 Å². The van der Waals surface area contributed by atoms with Gasteiger partial charge in [0.05, 0.1) is 5.41 Å². The Morgan fingerprint density at radius 3 is 2.67 bits per heavy atom. The van der Waals surface area contributed by atoms with Crippen LogP contribution in [-0.4, -0.2) is 37.5 Å². The number of nitrogens with one attached hydrogen (secondary N) is 1. The van der Waals surface area contributed by atoms with Gasteiger partial charge in [0.15, 0.2) is 0 Å². The molecule has 1 fully saturated rings. The molecule has 1 amide bonds. The molecule has 1 aliphatic rings. The Bertz CT molecular complexity index is 252. The van der Waals surface area contributed by atoms with Crippen LogP contribution in [0.5, 0.6) is 0 Å². The fraction of sp³-hybridized carbons (Fsp3) is 0.933. The van der Waals surface area contributed by atoms with Gasteiger partial charge in [-0.2, -0.15) is 0 Å². The summed E-state index contributed by atoms with van der Waals surface area (Å²) in [7, 11) is 1.97. The van der Waals surface area contributed by atoms with Gasteiger partial charge >= 0.3 is 0 Å². The Kier molecular flexibility index (Phi) is 6.13. The van der Waals surface area contributed by atoms with Crippen molar-refractivity contribution in [3.8, 4) is 0 Å². The standard InChI is InChI=1S/C15H30N2O/c1-5-8-15(9-6-10-16-12-15)14(18)17(4)11-7-13(2)3/h13,16H,5-12H2,1-4H3. The van der Waals surface area contributed by atoms with E-state index in [9.17, 15) is 4.79 Å². The summed E-state index contributed by atoms with van der Waals surface area (Å²) in [6.07, 6.45) is 5.39. The lowest BCUT2D eigenvalue weighted by atomic mass is 9.75. The predicted octanol–water partition coefficient (Wildman–Crippen LogP) is 2.66. The van der Waals surface area contributed by atoms with Crippen molar-refractivity contribution in [2.75, 3.05) is 26.7 Å². The van der Waals surface area contributed by atoms with Crippen LogP contribution in [0.2, 0.25) is 0 Å². The predicted molar refractivity (Wildman–Crippen MR) is 76.5 cm³/mol. The molecule has 0 aromatic carbocycles. The summed E-state index contributed by atoms with van der Waals surface area (Å²) < 4.78 is 0. The van der Waals surface area contributed by atoms with Gasteiger partial charge in [-0.25, -0.2) is 0 Å². The third-order valence-corrected chi connectivity index (χ3v) is 4.04. The maximum absolute atomic E-state index is 12.7. The fourth-order valence-electron chi connectivity index (χ4n) is 2.91. The molecule has 0 aliphatic carbocycles. The van der Waals surface area contributed by atoms with E-state index in [4.69, 9.17) is 0 Å². The Hall–Kier alpha value is -0.570. The maximum Gasteiger partial charge on any atom is 0.229 e. The SMILES string of the molecule is CCCC1(C(=O)N(C)CCC(C)C)CCCNC1. The number of carbonyl (C=O) groups excluding carboxylic acids is 1. The molecule has 0 aromatic rings. The zero-order valence-electron chi connectivity index (χ0n) is 12.6. The van der Waals surface area contributed by atoms with E-state index in [2.05, 4.69) is 26.1 Å². The lowest BCUT2D eigenvalue weighted by Crippen LogP contribution is -2.51. The third kappa shape index (κ3) is 3.98. The van der Waals surface area contributed by atoms with Gasteiger partial charge in [0.2, 0.25) is 5.91 Å². The van der Waals surface area contributed by atoms with Crippen LogP contribution in [0.1, 0.15) is 52.9 Å². The number of amides is 1. The highest BCUT2D eigenvalue weighted by Gasteiger charge is 2.40. The van der Waals surface area contributed by atoms with Crippen molar-refractivity contribution in [2.45, 2.75) is 52.9 Å². The number of carbonyl (C=O) groups is 1. The van der Waals surface area contributed by atoms with Crippen LogP contribution in [0.25, 0.3) is 0 Å². The van der Waals surface area contributed by atoms with Crippen molar-refractivity contribution in [3.63, 3.8) is 0 Å². The minimum atomic E-state index is -0.126. The number of hydrogen-bond donors (Lipinski definition) is 1. The summed E-state index contributed by atoms with van der Waals surface area (Å²) in [6, 6.07) is 0. The Morgan fingerprint density at radius 1 is 1.44 bits per heavy atom. The number of nitrogens with zero attached hydrogens (tertiary/aromatic N) is 1. The van der Waals surface area contributed by atoms with Crippen LogP contribution in [-0.2, 0) is 4.79 Å². The highest BCUT2D eigenvalue weighted by molar-refractivity contribution is 5.83. The molecule has 1 unspecified atom stereocenters. The zero-order chi connectivity index (χ0) is 13.6. The highest BCUT2D eigenvalue weighted by Crippen LogP contribution is 2.33. The van der Waals surface area contributed by atoms with E-state index in [1.165, 1.54) is 0 Å². The lowest BCUT2D eigenvalue weighted by Gasteiger charge is -2.39. The van der Waals surface area contributed by atoms with E-state index in [1.54, 1.807) is 0 Å². The number of piperidine rings is 1. The molecule has 106 valence electrons. The van der Waals surface area contributed by atoms with E-state index < -0.39 is 0 Å². The van der Waals surface area contributed by atoms with E-state index >= 15 is 0 Å². The monoisotopic (exact) mass is 254 g/mol. The van der Waals surface area contributed by atoms with E-state index in [1.807, 2.05) is 11.9 Å². The maximum atomic E-state index is 12.7. The van der Waals surface area contributed by atoms with Gasteiger partial charge in [-0.1, -0.05) is 27.2 Å². The average Bonchev–Trinajstić information content (AvgIpc) is 2.36. The second kappa shape index (κ2) is 7.13. The first kappa shape index (κ1) is 15.5. The van der Waals surface area contributed by atoms with E-state index in [-0.39, 0.29) is 5.41 Å². The Balaban J connectivity index is 2.63. The number of rotatable bonds is 6.